The number of ether oxygens (including phenoxy) is 1. The smallest absolute Gasteiger partial charge is 0.123 e. The van der Waals surface area contributed by atoms with Crippen molar-refractivity contribution in [1.82, 2.24) is 5.32 Å². The van der Waals surface area contributed by atoms with Crippen molar-refractivity contribution < 1.29 is 4.74 Å². The number of hydrogen-bond acceptors (Lipinski definition) is 2. The van der Waals surface area contributed by atoms with Gasteiger partial charge in [-0.05, 0) is 44.2 Å². The van der Waals surface area contributed by atoms with Crippen LogP contribution in [0.4, 0.5) is 0 Å². The van der Waals surface area contributed by atoms with Crippen LogP contribution in [0, 0.1) is 11.8 Å². The molecule has 2 unspecified atom stereocenters. The minimum atomic E-state index is 0.733. The van der Waals surface area contributed by atoms with Crippen molar-refractivity contribution in [1.29, 1.82) is 0 Å². The Morgan fingerprint density at radius 3 is 2.90 bits per heavy atom. The highest BCUT2D eigenvalue weighted by Gasteiger charge is 2.18. The molecule has 1 saturated carbocycles. The number of nitrogens with one attached hydrogen (secondary N) is 1. The molecule has 0 saturated heterocycles. The second-order valence-electron chi connectivity index (χ2n) is 6.14. The monoisotopic (exact) mass is 275 g/mol. The summed E-state index contributed by atoms with van der Waals surface area (Å²) in [5.74, 6) is 2.90. The molecular formula is C18H29NO. The Bertz CT molecular complexity index is 391. The van der Waals surface area contributed by atoms with Gasteiger partial charge in [-0.3, -0.25) is 0 Å². The zero-order valence-electron chi connectivity index (χ0n) is 13.0. The average Bonchev–Trinajstić information content (AvgIpc) is 2.46. The Hall–Kier alpha value is -1.02. The summed E-state index contributed by atoms with van der Waals surface area (Å²) in [6.07, 6.45) is 7.05. The fourth-order valence-electron chi connectivity index (χ4n) is 3.30. The summed E-state index contributed by atoms with van der Waals surface area (Å²) in [5.41, 5.74) is 1.27. The van der Waals surface area contributed by atoms with Crippen molar-refractivity contribution in [3.8, 4) is 5.75 Å². The maximum Gasteiger partial charge on any atom is 0.123 e. The van der Waals surface area contributed by atoms with Crippen LogP contribution in [0.3, 0.4) is 0 Å². The van der Waals surface area contributed by atoms with E-state index in [9.17, 15) is 0 Å². The first kappa shape index (κ1) is 15.4. The normalized spacial score (nSPS) is 22.7. The van der Waals surface area contributed by atoms with Crippen molar-refractivity contribution in [2.24, 2.45) is 11.8 Å². The number of benzene rings is 1. The molecule has 20 heavy (non-hydrogen) atoms. The first-order chi connectivity index (χ1) is 9.79. The molecule has 1 aromatic rings. The molecule has 2 heteroatoms. The summed E-state index contributed by atoms with van der Waals surface area (Å²) >= 11 is 0. The molecule has 2 rings (SSSR count). The third kappa shape index (κ3) is 4.82. The van der Waals surface area contributed by atoms with Crippen LogP contribution >= 0.6 is 0 Å². The molecule has 1 aliphatic rings. The third-order valence-corrected chi connectivity index (χ3v) is 4.36. The standard InChI is InChI=1S/C18H29NO/c1-3-20-18-10-5-4-9-17(18)14-19-12-11-16-8-6-7-15(2)13-16/h4-5,9-10,15-16,19H,3,6-8,11-14H2,1-2H3. The summed E-state index contributed by atoms with van der Waals surface area (Å²) in [4.78, 5) is 0. The number of para-hydroxylation sites is 1. The van der Waals surface area contributed by atoms with Crippen LogP contribution in [0.5, 0.6) is 5.75 Å². The van der Waals surface area contributed by atoms with E-state index in [-0.39, 0.29) is 0 Å². The second-order valence-corrected chi connectivity index (χ2v) is 6.14. The average molecular weight is 275 g/mol. The van der Waals surface area contributed by atoms with Crippen molar-refractivity contribution in [3.63, 3.8) is 0 Å². The van der Waals surface area contributed by atoms with E-state index in [1.807, 2.05) is 13.0 Å². The Labute approximate surface area is 123 Å². The Balaban J connectivity index is 1.70. The number of rotatable bonds is 7. The highest BCUT2D eigenvalue weighted by atomic mass is 16.5. The molecule has 1 N–H and O–H groups in total. The van der Waals surface area contributed by atoms with Gasteiger partial charge in [-0.25, -0.2) is 0 Å². The first-order valence-corrected chi connectivity index (χ1v) is 8.21. The molecule has 2 nitrogen and oxygen atoms in total. The van der Waals surface area contributed by atoms with E-state index in [1.165, 1.54) is 37.7 Å². The fourth-order valence-corrected chi connectivity index (χ4v) is 3.30. The Morgan fingerprint density at radius 2 is 2.10 bits per heavy atom. The summed E-state index contributed by atoms with van der Waals surface area (Å²) in [7, 11) is 0. The van der Waals surface area contributed by atoms with Crippen LogP contribution in [0.15, 0.2) is 24.3 Å². The van der Waals surface area contributed by atoms with Gasteiger partial charge in [0, 0.05) is 12.1 Å². The SMILES string of the molecule is CCOc1ccccc1CNCCC1CCCC(C)C1. The highest BCUT2D eigenvalue weighted by Crippen LogP contribution is 2.30. The Morgan fingerprint density at radius 1 is 1.25 bits per heavy atom. The second kappa shape index (κ2) is 8.31. The zero-order chi connectivity index (χ0) is 14.2. The predicted octanol–water partition coefficient (Wildman–Crippen LogP) is 4.39. The summed E-state index contributed by atoms with van der Waals surface area (Å²) < 4.78 is 5.66. The van der Waals surface area contributed by atoms with Crippen LogP contribution in [0.1, 0.15) is 51.5 Å². The van der Waals surface area contributed by atoms with Gasteiger partial charge in [0.1, 0.15) is 5.75 Å². The third-order valence-electron chi connectivity index (χ3n) is 4.36. The first-order valence-electron chi connectivity index (χ1n) is 8.21. The van der Waals surface area contributed by atoms with Crippen LogP contribution in [-0.4, -0.2) is 13.2 Å². The fraction of sp³-hybridized carbons (Fsp3) is 0.667. The summed E-state index contributed by atoms with van der Waals surface area (Å²) in [6, 6.07) is 8.34. The molecule has 0 amide bonds. The van der Waals surface area contributed by atoms with E-state index in [4.69, 9.17) is 4.74 Å². The molecule has 2 atom stereocenters. The molecule has 1 aromatic carbocycles. The summed E-state index contributed by atoms with van der Waals surface area (Å²) in [5, 5.41) is 3.58. The van der Waals surface area contributed by atoms with Gasteiger partial charge < -0.3 is 10.1 Å². The lowest BCUT2D eigenvalue weighted by Gasteiger charge is -2.26. The molecule has 1 fully saturated rings. The van der Waals surface area contributed by atoms with Crippen molar-refractivity contribution in [3.05, 3.63) is 29.8 Å². The van der Waals surface area contributed by atoms with Gasteiger partial charge in [0.15, 0.2) is 0 Å². The van der Waals surface area contributed by atoms with Crippen LogP contribution in [0.25, 0.3) is 0 Å². The summed E-state index contributed by atoms with van der Waals surface area (Å²) in [6.45, 7) is 7.21. The van der Waals surface area contributed by atoms with Gasteiger partial charge in [0.25, 0.3) is 0 Å². The molecule has 0 spiro atoms. The zero-order valence-corrected chi connectivity index (χ0v) is 13.0. The van der Waals surface area contributed by atoms with Crippen molar-refractivity contribution in [2.75, 3.05) is 13.2 Å². The minimum absolute atomic E-state index is 0.733. The van der Waals surface area contributed by atoms with E-state index in [1.54, 1.807) is 0 Å². The van der Waals surface area contributed by atoms with Gasteiger partial charge >= 0.3 is 0 Å². The lowest BCUT2D eigenvalue weighted by molar-refractivity contribution is 0.267. The van der Waals surface area contributed by atoms with E-state index in [0.717, 1.165) is 37.3 Å². The van der Waals surface area contributed by atoms with Gasteiger partial charge in [-0.15, -0.1) is 0 Å². The minimum Gasteiger partial charge on any atom is -0.494 e. The van der Waals surface area contributed by atoms with E-state index < -0.39 is 0 Å². The van der Waals surface area contributed by atoms with Crippen LogP contribution in [0.2, 0.25) is 0 Å². The topological polar surface area (TPSA) is 21.3 Å². The lowest BCUT2D eigenvalue weighted by Crippen LogP contribution is -2.21. The van der Waals surface area contributed by atoms with Crippen molar-refractivity contribution in [2.45, 2.75) is 52.5 Å². The van der Waals surface area contributed by atoms with Crippen molar-refractivity contribution >= 4 is 0 Å². The van der Waals surface area contributed by atoms with Gasteiger partial charge in [-0.1, -0.05) is 44.4 Å². The van der Waals surface area contributed by atoms with Gasteiger partial charge in [0.05, 0.1) is 6.61 Å². The van der Waals surface area contributed by atoms with Crippen LogP contribution in [-0.2, 0) is 6.54 Å². The highest BCUT2D eigenvalue weighted by molar-refractivity contribution is 5.33. The maximum atomic E-state index is 5.66. The molecular weight excluding hydrogens is 246 g/mol. The molecule has 0 heterocycles. The molecule has 112 valence electrons. The molecule has 0 aromatic heterocycles. The molecule has 1 aliphatic carbocycles. The molecule has 0 radical (unpaired) electrons. The number of hydrogen-bond donors (Lipinski definition) is 1. The lowest BCUT2D eigenvalue weighted by atomic mass is 9.81. The maximum absolute atomic E-state index is 5.66. The molecule has 0 aliphatic heterocycles. The van der Waals surface area contributed by atoms with Gasteiger partial charge in [-0.2, -0.15) is 0 Å². The van der Waals surface area contributed by atoms with Gasteiger partial charge in [0.2, 0.25) is 0 Å². The predicted molar refractivity (Wildman–Crippen MR) is 85.1 cm³/mol. The van der Waals surface area contributed by atoms with E-state index in [0.29, 0.717) is 0 Å². The molecule has 0 bridgehead atoms. The largest absolute Gasteiger partial charge is 0.494 e. The van der Waals surface area contributed by atoms with E-state index >= 15 is 0 Å². The quantitative estimate of drug-likeness (QED) is 0.745. The van der Waals surface area contributed by atoms with Crippen LogP contribution < -0.4 is 10.1 Å². The van der Waals surface area contributed by atoms with E-state index in [2.05, 4.69) is 30.4 Å². The Kier molecular flexibility index (Phi) is 6.38.